The number of thioether (sulfide) groups is 1. The molecular formula is C23H18BrClN4O2S. The van der Waals surface area contributed by atoms with E-state index in [0.717, 1.165) is 21.4 Å². The van der Waals surface area contributed by atoms with Crippen LogP contribution in [0.25, 0.3) is 17.1 Å². The Kier molecular flexibility index (Phi) is 7.14. The molecule has 0 aliphatic rings. The van der Waals surface area contributed by atoms with Crippen molar-refractivity contribution in [2.24, 2.45) is 0 Å². The van der Waals surface area contributed by atoms with Crippen molar-refractivity contribution in [1.82, 2.24) is 14.8 Å². The van der Waals surface area contributed by atoms with Gasteiger partial charge in [-0.15, -0.1) is 10.2 Å². The van der Waals surface area contributed by atoms with Gasteiger partial charge in [0.2, 0.25) is 5.91 Å². The highest BCUT2D eigenvalue weighted by atomic mass is 79.9. The normalized spacial score (nSPS) is 10.7. The average Bonchev–Trinajstić information content (AvgIpc) is 3.23. The Balaban J connectivity index is 1.63. The van der Waals surface area contributed by atoms with Gasteiger partial charge < -0.3 is 10.1 Å². The summed E-state index contributed by atoms with van der Waals surface area (Å²) in [6.45, 7) is 0. The van der Waals surface area contributed by atoms with E-state index in [9.17, 15) is 4.79 Å². The predicted octanol–water partition coefficient (Wildman–Crippen LogP) is 6.09. The Bertz CT molecular complexity index is 1230. The van der Waals surface area contributed by atoms with E-state index in [2.05, 4.69) is 31.4 Å². The maximum absolute atomic E-state index is 12.5. The van der Waals surface area contributed by atoms with Crippen molar-refractivity contribution in [2.75, 3.05) is 18.2 Å². The van der Waals surface area contributed by atoms with Crippen LogP contribution in [-0.4, -0.2) is 33.5 Å². The molecule has 0 bridgehead atoms. The van der Waals surface area contributed by atoms with Crippen molar-refractivity contribution < 1.29 is 9.53 Å². The SMILES string of the molecule is COc1ccccc1-c1nnc(SCC(=O)Nc2ccc(Br)cc2)n1-c1ccc(Cl)cc1. The lowest BCUT2D eigenvalue weighted by atomic mass is 10.2. The summed E-state index contributed by atoms with van der Waals surface area (Å²) in [6, 6.07) is 22.4. The van der Waals surface area contributed by atoms with E-state index in [4.69, 9.17) is 16.3 Å². The number of aromatic nitrogens is 3. The zero-order chi connectivity index (χ0) is 22.5. The van der Waals surface area contributed by atoms with E-state index < -0.39 is 0 Å². The Morgan fingerprint density at radius 1 is 1.06 bits per heavy atom. The molecule has 4 rings (SSSR count). The molecular weight excluding hydrogens is 512 g/mol. The van der Waals surface area contributed by atoms with Crippen LogP contribution in [0.2, 0.25) is 5.02 Å². The van der Waals surface area contributed by atoms with Gasteiger partial charge in [-0.1, -0.05) is 51.4 Å². The third kappa shape index (κ3) is 5.15. The molecule has 0 atom stereocenters. The second-order valence-electron chi connectivity index (χ2n) is 6.66. The highest BCUT2D eigenvalue weighted by Crippen LogP contribution is 2.33. The van der Waals surface area contributed by atoms with Crippen molar-refractivity contribution >= 4 is 50.9 Å². The molecule has 6 nitrogen and oxygen atoms in total. The van der Waals surface area contributed by atoms with E-state index >= 15 is 0 Å². The topological polar surface area (TPSA) is 69.0 Å². The van der Waals surface area contributed by atoms with Crippen LogP contribution in [0, 0.1) is 0 Å². The number of methoxy groups -OCH3 is 1. The number of nitrogens with zero attached hydrogens (tertiary/aromatic N) is 3. The monoisotopic (exact) mass is 528 g/mol. The lowest BCUT2D eigenvalue weighted by Gasteiger charge is -2.12. The number of carbonyl (C=O) groups is 1. The number of ether oxygens (including phenoxy) is 1. The highest BCUT2D eigenvalue weighted by molar-refractivity contribution is 9.10. The molecule has 1 aromatic heterocycles. The smallest absolute Gasteiger partial charge is 0.234 e. The van der Waals surface area contributed by atoms with Crippen LogP contribution in [0.1, 0.15) is 0 Å². The van der Waals surface area contributed by atoms with Crippen LogP contribution in [0.3, 0.4) is 0 Å². The van der Waals surface area contributed by atoms with Gasteiger partial charge in [0, 0.05) is 20.9 Å². The zero-order valence-corrected chi connectivity index (χ0v) is 20.1. The minimum atomic E-state index is -0.137. The van der Waals surface area contributed by atoms with Crippen LogP contribution in [0.15, 0.2) is 82.4 Å². The van der Waals surface area contributed by atoms with Gasteiger partial charge in [-0.2, -0.15) is 0 Å². The van der Waals surface area contributed by atoms with Gasteiger partial charge in [0.05, 0.1) is 18.4 Å². The quantitative estimate of drug-likeness (QED) is 0.293. The molecule has 4 aromatic rings. The summed E-state index contributed by atoms with van der Waals surface area (Å²) in [5, 5.41) is 12.9. The fourth-order valence-corrected chi connectivity index (χ4v) is 4.19. The molecule has 1 N–H and O–H groups in total. The molecule has 3 aromatic carbocycles. The van der Waals surface area contributed by atoms with Gasteiger partial charge in [0.15, 0.2) is 11.0 Å². The van der Waals surface area contributed by atoms with Gasteiger partial charge in [-0.25, -0.2) is 0 Å². The van der Waals surface area contributed by atoms with Crippen molar-refractivity contribution in [3.63, 3.8) is 0 Å². The van der Waals surface area contributed by atoms with E-state index in [0.29, 0.717) is 21.8 Å². The number of hydrogen-bond acceptors (Lipinski definition) is 5. The lowest BCUT2D eigenvalue weighted by Crippen LogP contribution is -2.14. The second kappa shape index (κ2) is 10.2. The van der Waals surface area contributed by atoms with Crippen LogP contribution in [0.5, 0.6) is 5.75 Å². The maximum atomic E-state index is 12.5. The summed E-state index contributed by atoms with van der Waals surface area (Å²) in [4.78, 5) is 12.5. The Morgan fingerprint density at radius 3 is 2.50 bits per heavy atom. The van der Waals surface area contributed by atoms with E-state index in [1.54, 1.807) is 19.2 Å². The molecule has 162 valence electrons. The molecule has 1 amide bonds. The predicted molar refractivity (Wildman–Crippen MR) is 132 cm³/mol. The molecule has 0 fully saturated rings. The number of halogens is 2. The number of rotatable bonds is 7. The van der Waals surface area contributed by atoms with E-state index in [-0.39, 0.29) is 11.7 Å². The molecule has 0 saturated heterocycles. The Morgan fingerprint density at radius 2 is 1.78 bits per heavy atom. The number of nitrogens with one attached hydrogen (secondary N) is 1. The average molecular weight is 530 g/mol. The second-order valence-corrected chi connectivity index (χ2v) is 8.96. The van der Waals surface area contributed by atoms with Crippen LogP contribution < -0.4 is 10.1 Å². The number of anilines is 1. The van der Waals surface area contributed by atoms with Gasteiger partial charge in [0.1, 0.15) is 5.75 Å². The fourth-order valence-electron chi connectivity index (χ4n) is 3.05. The number of carbonyl (C=O) groups excluding carboxylic acids is 1. The fraction of sp³-hybridized carbons (Fsp3) is 0.0870. The molecule has 0 spiro atoms. The van der Waals surface area contributed by atoms with Crippen molar-refractivity contribution in [3.05, 3.63) is 82.3 Å². The highest BCUT2D eigenvalue weighted by Gasteiger charge is 2.19. The number of para-hydroxylation sites is 1. The van der Waals surface area contributed by atoms with Crippen molar-refractivity contribution in [1.29, 1.82) is 0 Å². The maximum Gasteiger partial charge on any atom is 0.234 e. The standard InChI is InChI=1S/C23H18BrClN4O2S/c1-31-20-5-3-2-4-19(20)22-27-28-23(29(22)18-12-8-16(25)9-13-18)32-14-21(30)26-17-10-6-15(24)7-11-17/h2-13H,14H2,1H3,(H,26,30). The Hall–Kier alpha value is -2.81. The van der Waals surface area contributed by atoms with Crippen molar-refractivity contribution in [3.8, 4) is 22.8 Å². The molecule has 0 saturated carbocycles. The minimum absolute atomic E-state index is 0.137. The number of amides is 1. The first kappa shape index (κ1) is 22.4. The van der Waals surface area contributed by atoms with Crippen LogP contribution in [0.4, 0.5) is 5.69 Å². The van der Waals surface area contributed by atoms with Gasteiger partial charge in [-0.3, -0.25) is 9.36 Å². The number of benzene rings is 3. The molecule has 0 unspecified atom stereocenters. The van der Waals surface area contributed by atoms with Gasteiger partial charge in [-0.05, 0) is 60.7 Å². The van der Waals surface area contributed by atoms with Gasteiger partial charge >= 0.3 is 0 Å². The molecule has 9 heteroatoms. The first-order valence-electron chi connectivity index (χ1n) is 9.58. The largest absolute Gasteiger partial charge is 0.496 e. The van der Waals surface area contributed by atoms with Gasteiger partial charge in [0.25, 0.3) is 0 Å². The van der Waals surface area contributed by atoms with E-state index in [1.807, 2.05) is 65.2 Å². The molecule has 1 heterocycles. The molecule has 0 radical (unpaired) electrons. The summed E-state index contributed by atoms with van der Waals surface area (Å²) in [5.41, 5.74) is 2.35. The number of hydrogen-bond donors (Lipinski definition) is 1. The van der Waals surface area contributed by atoms with E-state index in [1.165, 1.54) is 11.8 Å². The summed E-state index contributed by atoms with van der Waals surface area (Å²) >= 11 is 10.8. The molecule has 0 aliphatic carbocycles. The lowest BCUT2D eigenvalue weighted by molar-refractivity contribution is -0.113. The molecule has 0 aliphatic heterocycles. The zero-order valence-electron chi connectivity index (χ0n) is 17.0. The minimum Gasteiger partial charge on any atom is -0.496 e. The first-order chi connectivity index (χ1) is 15.5. The first-order valence-corrected chi connectivity index (χ1v) is 11.7. The summed E-state index contributed by atoms with van der Waals surface area (Å²) in [5.74, 6) is 1.33. The summed E-state index contributed by atoms with van der Waals surface area (Å²) in [7, 11) is 1.62. The van der Waals surface area contributed by atoms with Crippen LogP contribution in [-0.2, 0) is 4.79 Å². The molecule has 32 heavy (non-hydrogen) atoms. The Labute approximate surface area is 203 Å². The summed E-state index contributed by atoms with van der Waals surface area (Å²) < 4.78 is 8.36. The third-order valence-electron chi connectivity index (χ3n) is 4.53. The van der Waals surface area contributed by atoms with Crippen LogP contribution >= 0.6 is 39.3 Å². The summed E-state index contributed by atoms with van der Waals surface area (Å²) in [6.07, 6.45) is 0. The van der Waals surface area contributed by atoms with Crippen molar-refractivity contribution in [2.45, 2.75) is 5.16 Å². The third-order valence-corrected chi connectivity index (χ3v) is 6.24.